The third-order valence-electron chi connectivity index (χ3n) is 4.84. The van der Waals surface area contributed by atoms with Crippen LogP contribution in [0.15, 0.2) is 40.0 Å². The summed E-state index contributed by atoms with van der Waals surface area (Å²) in [5.74, 6) is -2.36. The van der Waals surface area contributed by atoms with Crippen molar-refractivity contribution in [3.05, 3.63) is 46.2 Å². The van der Waals surface area contributed by atoms with Crippen LogP contribution in [0.5, 0.6) is 0 Å². The fourth-order valence-electron chi connectivity index (χ4n) is 3.47. The SMILES string of the molecule is CON=C(C(=O)NC1C(=O)N2C(C(=O)O)=C(C)CS[C@@H]12)c1csc2ccc(F)cc12. The number of benzene rings is 1. The number of aliphatic carboxylic acids is 1. The highest BCUT2D eigenvalue weighted by molar-refractivity contribution is 8.00. The number of thiophene rings is 1. The summed E-state index contributed by atoms with van der Waals surface area (Å²) in [6, 6.07) is 3.34. The number of fused-ring (bicyclic) bond motifs is 2. The Hall–Kier alpha value is -2.92. The lowest BCUT2D eigenvalue weighted by Crippen LogP contribution is -2.71. The van der Waals surface area contributed by atoms with Gasteiger partial charge in [0.1, 0.15) is 30.0 Å². The van der Waals surface area contributed by atoms with Gasteiger partial charge in [-0.1, -0.05) is 5.16 Å². The minimum atomic E-state index is -1.18. The molecule has 0 spiro atoms. The average molecular weight is 449 g/mol. The van der Waals surface area contributed by atoms with Crippen LogP contribution in [0.2, 0.25) is 0 Å². The van der Waals surface area contributed by atoms with E-state index in [1.165, 1.54) is 47.2 Å². The molecule has 2 atom stereocenters. The predicted octanol–water partition coefficient (Wildman–Crippen LogP) is 2.15. The van der Waals surface area contributed by atoms with Crippen molar-refractivity contribution >= 4 is 56.7 Å². The molecule has 2 aromatic rings. The Morgan fingerprint density at radius 3 is 2.87 bits per heavy atom. The van der Waals surface area contributed by atoms with Crippen LogP contribution in [0.1, 0.15) is 12.5 Å². The van der Waals surface area contributed by atoms with Gasteiger partial charge in [-0.2, -0.15) is 0 Å². The van der Waals surface area contributed by atoms with Gasteiger partial charge in [0, 0.05) is 26.8 Å². The zero-order valence-corrected chi connectivity index (χ0v) is 17.5. The smallest absolute Gasteiger partial charge is 0.352 e. The summed E-state index contributed by atoms with van der Waals surface area (Å²) < 4.78 is 14.5. The van der Waals surface area contributed by atoms with Gasteiger partial charge >= 0.3 is 5.97 Å². The summed E-state index contributed by atoms with van der Waals surface area (Å²) in [5, 5.41) is 17.5. The van der Waals surface area contributed by atoms with Crippen molar-refractivity contribution in [1.29, 1.82) is 0 Å². The van der Waals surface area contributed by atoms with E-state index in [4.69, 9.17) is 4.84 Å². The Morgan fingerprint density at radius 1 is 1.40 bits per heavy atom. The van der Waals surface area contributed by atoms with Gasteiger partial charge in [-0.25, -0.2) is 9.18 Å². The number of thioether (sulfide) groups is 1. The van der Waals surface area contributed by atoms with E-state index in [0.29, 0.717) is 22.3 Å². The molecule has 1 unspecified atom stereocenters. The van der Waals surface area contributed by atoms with Gasteiger partial charge < -0.3 is 15.3 Å². The second-order valence-electron chi connectivity index (χ2n) is 6.71. The number of halogens is 1. The average Bonchev–Trinajstić information content (AvgIpc) is 3.12. The molecule has 1 aromatic heterocycles. The maximum absolute atomic E-state index is 13.7. The Kier molecular flexibility index (Phi) is 5.24. The molecule has 1 fully saturated rings. The van der Waals surface area contributed by atoms with Gasteiger partial charge in [0.25, 0.3) is 11.8 Å². The maximum Gasteiger partial charge on any atom is 0.352 e. The molecule has 0 saturated carbocycles. The molecule has 156 valence electrons. The lowest BCUT2D eigenvalue weighted by atomic mass is 10.0. The van der Waals surface area contributed by atoms with Crippen molar-refractivity contribution in [2.24, 2.45) is 5.16 Å². The Labute approximate surface area is 178 Å². The minimum absolute atomic E-state index is 0.0423. The Morgan fingerprint density at radius 2 is 2.17 bits per heavy atom. The van der Waals surface area contributed by atoms with Crippen LogP contribution >= 0.6 is 23.1 Å². The monoisotopic (exact) mass is 449 g/mol. The number of nitrogens with one attached hydrogen (secondary N) is 1. The predicted molar refractivity (Wildman–Crippen MR) is 111 cm³/mol. The zero-order valence-electron chi connectivity index (χ0n) is 15.8. The molecule has 1 saturated heterocycles. The number of carbonyl (C=O) groups is 3. The molecule has 8 nitrogen and oxygen atoms in total. The van der Waals surface area contributed by atoms with Gasteiger partial charge in [-0.15, -0.1) is 23.1 Å². The summed E-state index contributed by atoms with van der Waals surface area (Å²) in [6.45, 7) is 1.66. The number of carboxylic acid groups (broad SMARTS) is 1. The van der Waals surface area contributed by atoms with E-state index in [1.807, 2.05) is 0 Å². The highest BCUT2D eigenvalue weighted by atomic mass is 32.2. The summed E-state index contributed by atoms with van der Waals surface area (Å²) in [6.07, 6.45) is 0. The molecule has 4 rings (SSSR count). The first-order chi connectivity index (χ1) is 14.3. The second kappa shape index (κ2) is 7.73. The van der Waals surface area contributed by atoms with Gasteiger partial charge in [-0.05, 0) is 30.7 Å². The van der Waals surface area contributed by atoms with Crippen LogP contribution in [0.3, 0.4) is 0 Å². The fraction of sp³-hybridized carbons (Fsp3) is 0.263. The van der Waals surface area contributed by atoms with Gasteiger partial charge in [0.05, 0.1) is 0 Å². The third-order valence-corrected chi connectivity index (χ3v) is 7.22. The Bertz CT molecular complexity index is 1140. The van der Waals surface area contributed by atoms with E-state index >= 15 is 0 Å². The highest BCUT2D eigenvalue weighted by Crippen LogP contribution is 2.40. The third kappa shape index (κ3) is 3.23. The fourth-order valence-corrected chi connectivity index (χ4v) is 5.69. The summed E-state index contributed by atoms with van der Waals surface area (Å²) in [5.41, 5.74) is 0.844. The van der Waals surface area contributed by atoms with Gasteiger partial charge in [0.2, 0.25) is 0 Å². The first kappa shape index (κ1) is 20.4. The van der Waals surface area contributed by atoms with E-state index < -0.39 is 35.0 Å². The number of carboxylic acids is 1. The molecule has 30 heavy (non-hydrogen) atoms. The van der Waals surface area contributed by atoms with Crippen LogP contribution in [-0.4, -0.2) is 57.8 Å². The summed E-state index contributed by atoms with van der Waals surface area (Å²) in [4.78, 5) is 43.1. The highest BCUT2D eigenvalue weighted by Gasteiger charge is 2.54. The normalized spacial score (nSPS) is 21.4. The molecule has 0 aliphatic carbocycles. The topological polar surface area (TPSA) is 108 Å². The number of amides is 2. The molecule has 0 bridgehead atoms. The van der Waals surface area contributed by atoms with E-state index in [0.717, 1.165) is 4.70 Å². The van der Waals surface area contributed by atoms with Crippen molar-refractivity contribution in [3.8, 4) is 0 Å². The zero-order chi connectivity index (χ0) is 21.6. The lowest BCUT2D eigenvalue weighted by Gasteiger charge is -2.49. The molecule has 2 aliphatic rings. The summed E-state index contributed by atoms with van der Waals surface area (Å²) >= 11 is 2.70. The van der Waals surface area contributed by atoms with E-state index in [2.05, 4.69) is 10.5 Å². The number of hydrogen-bond acceptors (Lipinski definition) is 7. The molecule has 2 amide bonds. The quantitative estimate of drug-likeness (QED) is 0.411. The van der Waals surface area contributed by atoms with E-state index in [-0.39, 0.29) is 11.4 Å². The maximum atomic E-state index is 13.7. The van der Waals surface area contributed by atoms with Crippen LogP contribution < -0.4 is 5.32 Å². The summed E-state index contributed by atoms with van der Waals surface area (Å²) in [7, 11) is 1.28. The van der Waals surface area contributed by atoms with Crippen LogP contribution in [0.25, 0.3) is 10.1 Å². The molecule has 3 heterocycles. The van der Waals surface area contributed by atoms with E-state index in [9.17, 15) is 23.9 Å². The van der Waals surface area contributed by atoms with Crippen LogP contribution in [-0.2, 0) is 19.2 Å². The first-order valence-corrected chi connectivity index (χ1v) is 10.7. The second-order valence-corrected chi connectivity index (χ2v) is 8.72. The van der Waals surface area contributed by atoms with Crippen molar-refractivity contribution in [2.75, 3.05) is 12.9 Å². The lowest BCUT2D eigenvalue weighted by molar-refractivity contribution is -0.150. The number of rotatable bonds is 5. The minimum Gasteiger partial charge on any atom is -0.477 e. The molecule has 2 N–H and O–H groups in total. The molecule has 11 heteroatoms. The molecular formula is C19H16FN3O5S2. The molecule has 0 radical (unpaired) electrons. The first-order valence-electron chi connectivity index (χ1n) is 8.80. The number of β-lactam (4-membered cyclic amide) rings is 1. The van der Waals surface area contributed by atoms with Crippen molar-refractivity contribution in [1.82, 2.24) is 10.2 Å². The van der Waals surface area contributed by atoms with E-state index in [1.54, 1.807) is 18.4 Å². The number of carbonyl (C=O) groups excluding carboxylic acids is 2. The standard InChI is InChI=1S/C19H16FN3O5S2/c1-8-6-30-18-14(17(25)23(18)15(8)19(26)27)21-16(24)13(22-28-2)11-7-29-12-4-3-9(20)5-10(11)12/h3-5,7,14,18H,6H2,1-2H3,(H,21,24)(H,26,27)/t14?,18-/m0/s1. The number of nitrogens with zero attached hydrogens (tertiary/aromatic N) is 2. The van der Waals surface area contributed by atoms with Crippen LogP contribution in [0, 0.1) is 5.82 Å². The van der Waals surface area contributed by atoms with Gasteiger partial charge in [-0.3, -0.25) is 14.5 Å². The van der Waals surface area contributed by atoms with Gasteiger partial charge in [0.15, 0.2) is 5.71 Å². The molecule has 2 aliphatic heterocycles. The van der Waals surface area contributed by atoms with Crippen molar-refractivity contribution in [3.63, 3.8) is 0 Å². The molecule has 1 aromatic carbocycles. The van der Waals surface area contributed by atoms with Crippen molar-refractivity contribution in [2.45, 2.75) is 18.3 Å². The number of hydrogen-bond donors (Lipinski definition) is 2. The van der Waals surface area contributed by atoms with Crippen LogP contribution in [0.4, 0.5) is 4.39 Å². The molecular weight excluding hydrogens is 433 g/mol. The largest absolute Gasteiger partial charge is 0.477 e. The number of oxime groups is 1. The van der Waals surface area contributed by atoms with Crippen molar-refractivity contribution < 1.29 is 28.7 Å². The Balaban J connectivity index is 1.60.